The maximum atomic E-state index is 15.7. The summed E-state index contributed by atoms with van der Waals surface area (Å²) >= 11 is 12.3. The largest absolute Gasteiger partial charge is 0.478 e. The molecule has 0 aliphatic carbocycles. The van der Waals surface area contributed by atoms with Crippen molar-refractivity contribution in [2.75, 3.05) is 13.2 Å². The zero-order valence-electron chi connectivity index (χ0n) is 24.1. The number of hydrogen-bond donors (Lipinski definition) is 1. The third kappa shape index (κ3) is 6.10. The lowest BCUT2D eigenvalue weighted by Gasteiger charge is -2.28. The summed E-state index contributed by atoms with van der Waals surface area (Å²) in [6, 6.07) is 13.5. The third-order valence-electron chi connectivity index (χ3n) is 7.91. The molecular weight excluding hydrogens is 630 g/mol. The average Bonchev–Trinajstić information content (AvgIpc) is 3.52. The van der Waals surface area contributed by atoms with Crippen LogP contribution < -0.4 is 4.74 Å². The van der Waals surface area contributed by atoms with E-state index in [1.54, 1.807) is 6.07 Å². The summed E-state index contributed by atoms with van der Waals surface area (Å²) in [5, 5.41) is 10.0. The van der Waals surface area contributed by atoms with Gasteiger partial charge in [0.2, 0.25) is 5.88 Å². The fourth-order valence-electron chi connectivity index (χ4n) is 5.50. The zero-order chi connectivity index (χ0) is 32.0. The van der Waals surface area contributed by atoms with Crippen LogP contribution in [-0.2, 0) is 17.8 Å². The highest BCUT2D eigenvalue weighted by atomic mass is 35.5. The Morgan fingerprint density at radius 1 is 1.02 bits per heavy atom. The normalized spacial score (nSPS) is 15.9. The standard InChI is InChI=1S/C33H26Cl2F3N3O4/c1-33(2)16-44-15-28(33)41-27-10-19(32(42)43)8-22(35)31(27)40-29(41)11-18-9-25(38)21(13-24(18)37)26-4-3-5-30(39-26)45-14-17-6-7-20(34)12-23(17)36/h3-10,12-13,28H,11,14-16H2,1-2H3,(H,42,43). The number of fused-ring (bicyclic) bond motifs is 1. The molecule has 2 aromatic heterocycles. The smallest absolute Gasteiger partial charge is 0.335 e. The van der Waals surface area contributed by atoms with E-state index in [0.717, 1.165) is 12.1 Å². The Labute approximate surface area is 266 Å². The van der Waals surface area contributed by atoms with E-state index in [1.807, 2.05) is 18.4 Å². The predicted molar refractivity (Wildman–Crippen MR) is 163 cm³/mol. The number of pyridine rings is 1. The van der Waals surface area contributed by atoms with Gasteiger partial charge in [0.25, 0.3) is 0 Å². The van der Waals surface area contributed by atoms with Gasteiger partial charge in [0.15, 0.2) is 0 Å². The van der Waals surface area contributed by atoms with Crippen molar-refractivity contribution in [2.45, 2.75) is 32.9 Å². The van der Waals surface area contributed by atoms with Crippen LogP contribution in [0.15, 0.2) is 60.7 Å². The second-order valence-corrected chi connectivity index (χ2v) is 12.4. The highest BCUT2D eigenvalue weighted by Gasteiger charge is 2.39. The average molecular weight is 656 g/mol. The van der Waals surface area contributed by atoms with Gasteiger partial charge in [-0.3, -0.25) is 0 Å². The number of benzene rings is 3. The van der Waals surface area contributed by atoms with Crippen molar-refractivity contribution in [1.29, 1.82) is 0 Å². The van der Waals surface area contributed by atoms with Crippen LogP contribution in [-0.4, -0.2) is 38.8 Å². The Hall–Kier alpha value is -4.12. The monoisotopic (exact) mass is 655 g/mol. The number of aromatic nitrogens is 3. The number of aromatic carboxylic acids is 1. The van der Waals surface area contributed by atoms with Gasteiger partial charge >= 0.3 is 5.97 Å². The highest BCUT2D eigenvalue weighted by molar-refractivity contribution is 6.35. The quantitative estimate of drug-likeness (QED) is 0.181. The van der Waals surface area contributed by atoms with E-state index in [1.165, 1.54) is 42.5 Å². The molecule has 232 valence electrons. The van der Waals surface area contributed by atoms with Crippen molar-refractivity contribution in [2.24, 2.45) is 5.41 Å². The molecule has 1 fully saturated rings. The minimum Gasteiger partial charge on any atom is -0.478 e. The van der Waals surface area contributed by atoms with E-state index in [2.05, 4.69) is 9.97 Å². The first-order valence-electron chi connectivity index (χ1n) is 13.9. The molecule has 1 aliphatic heterocycles. The van der Waals surface area contributed by atoms with E-state index in [4.69, 9.17) is 32.7 Å². The van der Waals surface area contributed by atoms with Gasteiger partial charge in [0.1, 0.15) is 35.4 Å². The van der Waals surface area contributed by atoms with Gasteiger partial charge in [-0.15, -0.1) is 0 Å². The van der Waals surface area contributed by atoms with Crippen molar-refractivity contribution >= 4 is 40.2 Å². The second kappa shape index (κ2) is 12.0. The maximum absolute atomic E-state index is 15.7. The number of nitrogens with zero attached hydrogens (tertiary/aromatic N) is 3. The van der Waals surface area contributed by atoms with Gasteiger partial charge in [-0.2, -0.15) is 0 Å². The summed E-state index contributed by atoms with van der Waals surface area (Å²) in [7, 11) is 0. The zero-order valence-corrected chi connectivity index (χ0v) is 25.6. The number of carboxylic acids is 1. The van der Waals surface area contributed by atoms with Crippen LogP contribution in [0.5, 0.6) is 5.88 Å². The molecule has 1 N–H and O–H groups in total. The number of hydrogen-bond acceptors (Lipinski definition) is 5. The first-order chi connectivity index (χ1) is 21.4. The van der Waals surface area contributed by atoms with Gasteiger partial charge in [-0.05, 0) is 48.0 Å². The molecule has 3 heterocycles. The van der Waals surface area contributed by atoms with Crippen LogP contribution in [0.4, 0.5) is 13.2 Å². The van der Waals surface area contributed by atoms with Crippen LogP contribution in [0, 0.1) is 22.9 Å². The lowest BCUT2D eigenvalue weighted by Crippen LogP contribution is -2.27. The summed E-state index contributed by atoms with van der Waals surface area (Å²) in [5.74, 6) is -2.63. The Balaban J connectivity index is 1.33. The minimum atomic E-state index is -1.15. The van der Waals surface area contributed by atoms with Crippen LogP contribution >= 0.6 is 23.2 Å². The molecule has 12 heteroatoms. The van der Waals surface area contributed by atoms with Crippen molar-refractivity contribution in [3.05, 3.63) is 111 Å². The van der Waals surface area contributed by atoms with Gasteiger partial charge in [0.05, 0.1) is 41.1 Å². The highest BCUT2D eigenvalue weighted by Crippen LogP contribution is 2.41. The van der Waals surface area contributed by atoms with Crippen LogP contribution in [0.2, 0.25) is 10.0 Å². The van der Waals surface area contributed by atoms with Crippen molar-refractivity contribution in [1.82, 2.24) is 14.5 Å². The van der Waals surface area contributed by atoms with E-state index in [9.17, 15) is 14.3 Å². The van der Waals surface area contributed by atoms with E-state index in [0.29, 0.717) is 30.1 Å². The van der Waals surface area contributed by atoms with Crippen molar-refractivity contribution in [3.63, 3.8) is 0 Å². The van der Waals surface area contributed by atoms with Crippen LogP contribution in [0.3, 0.4) is 0 Å². The molecule has 0 spiro atoms. The van der Waals surface area contributed by atoms with Gasteiger partial charge < -0.3 is 19.1 Å². The molecule has 0 amide bonds. The topological polar surface area (TPSA) is 86.5 Å². The van der Waals surface area contributed by atoms with Gasteiger partial charge in [-0.1, -0.05) is 49.2 Å². The molecule has 0 bridgehead atoms. The molecule has 6 rings (SSSR count). The molecule has 1 atom stereocenters. The van der Waals surface area contributed by atoms with Crippen molar-refractivity contribution in [3.8, 4) is 17.1 Å². The van der Waals surface area contributed by atoms with Crippen molar-refractivity contribution < 1.29 is 32.5 Å². The lowest BCUT2D eigenvalue weighted by molar-refractivity contribution is 0.0697. The summed E-state index contributed by atoms with van der Waals surface area (Å²) in [6.45, 7) is 4.65. The van der Waals surface area contributed by atoms with Gasteiger partial charge in [-0.25, -0.2) is 27.9 Å². The van der Waals surface area contributed by atoms with Gasteiger partial charge in [0, 0.05) is 34.1 Å². The summed E-state index contributed by atoms with van der Waals surface area (Å²) in [4.78, 5) is 20.8. The molecule has 7 nitrogen and oxygen atoms in total. The second-order valence-electron chi connectivity index (χ2n) is 11.5. The van der Waals surface area contributed by atoms with E-state index in [-0.39, 0.29) is 68.4 Å². The number of rotatable bonds is 8. The molecule has 0 radical (unpaired) electrons. The number of ether oxygens (including phenoxy) is 2. The molecule has 1 aliphatic rings. The maximum Gasteiger partial charge on any atom is 0.335 e. The Morgan fingerprint density at radius 2 is 1.80 bits per heavy atom. The Morgan fingerprint density at radius 3 is 2.51 bits per heavy atom. The molecule has 45 heavy (non-hydrogen) atoms. The number of imidazole rings is 1. The fourth-order valence-corrected chi connectivity index (χ4v) is 5.92. The molecular formula is C33H26Cl2F3N3O4. The number of carboxylic acid groups (broad SMARTS) is 1. The van der Waals surface area contributed by atoms with Crippen LogP contribution in [0.25, 0.3) is 22.3 Å². The number of carbonyl (C=O) groups is 1. The fraction of sp³-hybridized carbons (Fsp3) is 0.242. The summed E-state index contributed by atoms with van der Waals surface area (Å²) < 4.78 is 58.6. The first kappa shape index (κ1) is 30.9. The van der Waals surface area contributed by atoms with E-state index >= 15 is 8.78 Å². The summed E-state index contributed by atoms with van der Waals surface area (Å²) in [5.41, 5.74) is 0.767. The number of halogens is 5. The Kier molecular flexibility index (Phi) is 8.24. The summed E-state index contributed by atoms with van der Waals surface area (Å²) in [6.07, 6.45) is -0.105. The van der Waals surface area contributed by atoms with Crippen LogP contribution in [0.1, 0.15) is 47.2 Å². The first-order valence-corrected chi connectivity index (χ1v) is 14.7. The lowest BCUT2D eigenvalue weighted by atomic mass is 9.87. The molecule has 5 aromatic rings. The molecule has 1 unspecified atom stereocenters. The molecule has 0 saturated carbocycles. The predicted octanol–water partition coefficient (Wildman–Crippen LogP) is 8.29. The van der Waals surface area contributed by atoms with E-state index < -0.39 is 23.4 Å². The Bertz CT molecular complexity index is 1960. The minimum absolute atomic E-state index is 0.0180. The molecule has 1 saturated heterocycles. The molecule has 3 aromatic carbocycles. The SMILES string of the molecule is CC1(C)COCC1n1c(Cc2cc(F)c(-c3cccc(OCc4ccc(Cl)cc4F)n3)cc2F)nc2c(Cl)cc(C(=O)O)cc21. The third-order valence-corrected chi connectivity index (χ3v) is 8.43.